The van der Waals surface area contributed by atoms with Crippen molar-refractivity contribution >= 4 is 34.3 Å². The van der Waals surface area contributed by atoms with Gasteiger partial charge in [0.15, 0.2) is 10.8 Å². The van der Waals surface area contributed by atoms with Crippen molar-refractivity contribution in [1.29, 1.82) is 0 Å². The van der Waals surface area contributed by atoms with E-state index in [0.29, 0.717) is 5.56 Å². The molecule has 1 aliphatic rings. The molecule has 1 saturated carbocycles. The molecule has 1 heterocycles. The van der Waals surface area contributed by atoms with Crippen molar-refractivity contribution in [3.05, 3.63) is 46.7 Å². The SMILES string of the molecule is CC(=O)Nc1nc(C(=O)OC(C(=O)NC2CC2)c2ccc(F)cc2)cs1. The average Bonchev–Trinajstić information content (AvgIpc) is 3.28. The summed E-state index contributed by atoms with van der Waals surface area (Å²) in [5.41, 5.74) is 0.334. The number of anilines is 1. The van der Waals surface area contributed by atoms with Crippen LogP contribution in [0.2, 0.25) is 0 Å². The molecule has 1 aliphatic carbocycles. The molecule has 1 atom stereocenters. The van der Waals surface area contributed by atoms with E-state index >= 15 is 0 Å². The molecule has 1 aromatic heterocycles. The third-order valence-corrected chi connectivity index (χ3v) is 4.31. The summed E-state index contributed by atoms with van der Waals surface area (Å²) in [4.78, 5) is 39.8. The van der Waals surface area contributed by atoms with Gasteiger partial charge in [0, 0.05) is 23.9 Å². The smallest absolute Gasteiger partial charge is 0.359 e. The molecular formula is C17H16FN3O4S. The molecule has 1 aromatic carbocycles. The van der Waals surface area contributed by atoms with Crippen LogP contribution in [0.3, 0.4) is 0 Å². The molecule has 2 N–H and O–H groups in total. The number of thiazole rings is 1. The number of benzene rings is 1. The molecule has 136 valence electrons. The Morgan fingerprint density at radius 2 is 1.96 bits per heavy atom. The number of amides is 2. The van der Waals surface area contributed by atoms with E-state index in [1.807, 2.05) is 0 Å². The van der Waals surface area contributed by atoms with Gasteiger partial charge in [0.2, 0.25) is 12.0 Å². The van der Waals surface area contributed by atoms with E-state index in [1.54, 1.807) is 0 Å². The van der Waals surface area contributed by atoms with Crippen LogP contribution in [0.1, 0.15) is 41.9 Å². The van der Waals surface area contributed by atoms with E-state index in [4.69, 9.17) is 4.74 Å². The normalized spacial score (nSPS) is 14.4. The second-order valence-electron chi connectivity index (χ2n) is 5.84. The van der Waals surface area contributed by atoms with Crippen LogP contribution in [0.4, 0.5) is 9.52 Å². The van der Waals surface area contributed by atoms with Crippen LogP contribution < -0.4 is 10.6 Å². The fraction of sp³-hybridized carbons (Fsp3) is 0.294. The minimum absolute atomic E-state index is 0.0231. The van der Waals surface area contributed by atoms with Crippen molar-refractivity contribution in [2.45, 2.75) is 31.9 Å². The van der Waals surface area contributed by atoms with Crippen LogP contribution in [-0.4, -0.2) is 28.8 Å². The Balaban J connectivity index is 1.76. The van der Waals surface area contributed by atoms with Crippen molar-refractivity contribution in [3.63, 3.8) is 0 Å². The second kappa shape index (κ2) is 7.61. The summed E-state index contributed by atoms with van der Waals surface area (Å²) < 4.78 is 18.5. The highest BCUT2D eigenvalue weighted by Gasteiger charge is 2.31. The molecule has 7 nitrogen and oxygen atoms in total. The molecule has 0 saturated heterocycles. The zero-order chi connectivity index (χ0) is 18.7. The molecule has 2 amide bonds. The van der Waals surface area contributed by atoms with Crippen molar-refractivity contribution < 1.29 is 23.5 Å². The van der Waals surface area contributed by atoms with Crippen LogP contribution in [0, 0.1) is 5.82 Å². The Morgan fingerprint density at radius 3 is 2.58 bits per heavy atom. The summed E-state index contributed by atoms with van der Waals surface area (Å²) >= 11 is 1.07. The molecule has 26 heavy (non-hydrogen) atoms. The summed E-state index contributed by atoms with van der Waals surface area (Å²) in [5.74, 6) is -2.05. The minimum atomic E-state index is -1.21. The number of rotatable bonds is 6. The van der Waals surface area contributed by atoms with Crippen LogP contribution >= 0.6 is 11.3 Å². The number of hydrogen-bond acceptors (Lipinski definition) is 6. The van der Waals surface area contributed by atoms with Crippen molar-refractivity contribution in [3.8, 4) is 0 Å². The van der Waals surface area contributed by atoms with E-state index in [1.165, 1.54) is 36.6 Å². The molecule has 0 bridgehead atoms. The maximum Gasteiger partial charge on any atom is 0.359 e. The fourth-order valence-corrected chi connectivity index (χ4v) is 2.88. The maximum atomic E-state index is 13.2. The minimum Gasteiger partial charge on any atom is -0.443 e. The zero-order valence-electron chi connectivity index (χ0n) is 13.8. The first kappa shape index (κ1) is 18.0. The predicted octanol–water partition coefficient (Wildman–Crippen LogP) is 2.42. The van der Waals surface area contributed by atoms with Gasteiger partial charge < -0.3 is 15.4 Å². The fourth-order valence-electron chi connectivity index (χ4n) is 2.16. The Labute approximate surface area is 152 Å². The molecule has 2 aromatic rings. The average molecular weight is 377 g/mol. The highest BCUT2D eigenvalue weighted by atomic mass is 32.1. The number of aromatic nitrogens is 1. The lowest BCUT2D eigenvalue weighted by molar-refractivity contribution is -0.130. The number of carbonyl (C=O) groups excluding carboxylic acids is 3. The second-order valence-corrected chi connectivity index (χ2v) is 6.70. The molecule has 1 fully saturated rings. The van der Waals surface area contributed by atoms with Gasteiger partial charge in [0.05, 0.1) is 0 Å². The summed E-state index contributed by atoms with van der Waals surface area (Å²) in [5, 5.41) is 6.92. The Kier molecular flexibility index (Phi) is 5.27. The molecule has 9 heteroatoms. The van der Waals surface area contributed by atoms with Crippen LogP contribution in [0.25, 0.3) is 0 Å². The zero-order valence-corrected chi connectivity index (χ0v) is 14.6. The Morgan fingerprint density at radius 1 is 1.27 bits per heavy atom. The van der Waals surface area contributed by atoms with Gasteiger partial charge in [-0.15, -0.1) is 11.3 Å². The molecule has 3 rings (SSSR count). The molecule has 0 spiro atoms. The number of ether oxygens (including phenoxy) is 1. The molecular weight excluding hydrogens is 361 g/mol. The number of halogens is 1. The molecule has 0 aliphatic heterocycles. The van der Waals surface area contributed by atoms with Gasteiger partial charge in [0.1, 0.15) is 5.82 Å². The summed E-state index contributed by atoms with van der Waals surface area (Å²) in [6.07, 6.45) is 0.541. The monoisotopic (exact) mass is 377 g/mol. The largest absolute Gasteiger partial charge is 0.443 e. The van der Waals surface area contributed by atoms with Crippen LogP contribution in [0.5, 0.6) is 0 Å². The number of carbonyl (C=O) groups is 3. The van der Waals surface area contributed by atoms with Gasteiger partial charge >= 0.3 is 5.97 Å². The molecule has 0 radical (unpaired) electrons. The van der Waals surface area contributed by atoms with E-state index in [2.05, 4.69) is 15.6 Å². The number of nitrogens with one attached hydrogen (secondary N) is 2. The van der Waals surface area contributed by atoms with E-state index in [-0.39, 0.29) is 22.8 Å². The van der Waals surface area contributed by atoms with Gasteiger partial charge in [-0.3, -0.25) is 9.59 Å². The lowest BCUT2D eigenvalue weighted by Crippen LogP contribution is -2.33. The maximum absolute atomic E-state index is 13.2. The Hall–Kier alpha value is -2.81. The number of nitrogens with zero attached hydrogens (tertiary/aromatic N) is 1. The Bertz CT molecular complexity index is 833. The van der Waals surface area contributed by atoms with Gasteiger partial charge in [-0.1, -0.05) is 12.1 Å². The first-order valence-electron chi connectivity index (χ1n) is 7.92. The molecule has 1 unspecified atom stereocenters. The number of hydrogen-bond donors (Lipinski definition) is 2. The summed E-state index contributed by atoms with van der Waals surface area (Å²) in [7, 11) is 0. The van der Waals surface area contributed by atoms with E-state index in [0.717, 1.165) is 24.2 Å². The summed E-state index contributed by atoms with van der Waals surface area (Å²) in [6, 6.07) is 5.25. The quantitative estimate of drug-likeness (QED) is 0.754. The first-order chi connectivity index (χ1) is 12.4. The van der Waals surface area contributed by atoms with Gasteiger partial charge in [0.25, 0.3) is 5.91 Å². The highest BCUT2D eigenvalue weighted by Crippen LogP contribution is 2.25. The first-order valence-corrected chi connectivity index (χ1v) is 8.80. The van der Waals surface area contributed by atoms with Gasteiger partial charge in [-0.2, -0.15) is 0 Å². The highest BCUT2D eigenvalue weighted by molar-refractivity contribution is 7.14. The van der Waals surface area contributed by atoms with Crippen molar-refractivity contribution in [2.24, 2.45) is 0 Å². The van der Waals surface area contributed by atoms with Gasteiger partial charge in [-0.05, 0) is 25.0 Å². The van der Waals surface area contributed by atoms with E-state index in [9.17, 15) is 18.8 Å². The van der Waals surface area contributed by atoms with Crippen LogP contribution in [0.15, 0.2) is 29.6 Å². The van der Waals surface area contributed by atoms with Crippen molar-refractivity contribution in [1.82, 2.24) is 10.3 Å². The summed E-state index contributed by atoms with van der Waals surface area (Å²) in [6.45, 7) is 1.33. The topological polar surface area (TPSA) is 97.4 Å². The third kappa shape index (κ3) is 4.63. The lowest BCUT2D eigenvalue weighted by atomic mass is 10.1. The predicted molar refractivity (Wildman–Crippen MR) is 92.1 cm³/mol. The number of esters is 1. The van der Waals surface area contributed by atoms with Crippen molar-refractivity contribution in [2.75, 3.05) is 5.32 Å². The standard InChI is InChI=1S/C17H16FN3O4S/c1-9(22)19-17-21-13(8-26-17)16(24)25-14(15(23)20-12-6-7-12)10-2-4-11(18)5-3-10/h2-5,8,12,14H,6-7H2,1H3,(H,20,23)(H,19,21,22). The van der Waals surface area contributed by atoms with Crippen LogP contribution in [-0.2, 0) is 14.3 Å². The lowest BCUT2D eigenvalue weighted by Gasteiger charge is -2.17. The third-order valence-electron chi connectivity index (χ3n) is 3.56. The van der Waals surface area contributed by atoms with E-state index < -0.39 is 23.8 Å². The van der Waals surface area contributed by atoms with Gasteiger partial charge in [-0.25, -0.2) is 14.2 Å².